The molecule has 2 aliphatic heterocycles. The van der Waals surface area contributed by atoms with Crippen molar-refractivity contribution in [3.8, 4) is 6.07 Å². The predicted octanol–water partition coefficient (Wildman–Crippen LogP) is 2.29. The van der Waals surface area contributed by atoms with E-state index in [2.05, 4.69) is 15.9 Å². The fourth-order valence-electron chi connectivity index (χ4n) is 2.63. The fraction of sp³-hybridized carbons (Fsp3) is 0.214. The van der Waals surface area contributed by atoms with Crippen LogP contribution in [0.2, 0.25) is 0 Å². The number of sulfone groups is 1. The summed E-state index contributed by atoms with van der Waals surface area (Å²) in [5.74, 6) is -0.337. The summed E-state index contributed by atoms with van der Waals surface area (Å²) in [6.45, 7) is 0. The molecule has 1 aromatic rings. The molecule has 21 heavy (non-hydrogen) atoms. The first-order valence-corrected chi connectivity index (χ1v) is 8.67. The molecule has 0 amide bonds. The van der Waals surface area contributed by atoms with E-state index in [1.807, 2.05) is 6.07 Å². The van der Waals surface area contributed by atoms with Crippen molar-refractivity contribution < 1.29 is 13.2 Å². The Morgan fingerprint density at radius 3 is 2.62 bits per heavy atom. The summed E-state index contributed by atoms with van der Waals surface area (Å²) in [7, 11) is -3.42. The van der Waals surface area contributed by atoms with E-state index in [1.54, 1.807) is 24.3 Å². The molecule has 0 aliphatic carbocycles. The Balaban J connectivity index is 2.23. The number of nitrogens with two attached hydrogens (primary N) is 1. The van der Waals surface area contributed by atoms with Crippen molar-refractivity contribution in [3.63, 3.8) is 0 Å². The van der Waals surface area contributed by atoms with Crippen molar-refractivity contribution >= 4 is 25.8 Å². The minimum absolute atomic E-state index is 0.00329. The lowest BCUT2D eigenvalue weighted by molar-refractivity contribution is 0.276. The molecule has 0 unspecified atom stereocenters. The molecular weight excluding hydrogens is 356 g/mol. The number of benzene rings is 1. The van der Waals surface area contributed by atoms with Gasteiger partial charge in [-0.3, -0.25) is 0 Å². The van der Waals surface area contributed by atoms with Gasteiger partial charge >= 0.3 is 0 Å². The minimum Gasteiger partial charge on any atom is -0.444 e. The summed E-state index contributed by atoms with van der Waals surface area (Å²) in [6, 6.07) is 9.16. The summed E-state index contributed by atoms with van der Waals surface area (Å²) >= 11 is 3.34. The third-order valence-corrected chi connectivity index (χ3v) is 5.98. The fourth-order valence-corrected chi connectivity index (χ4v) is 4.67. The van der Waals surface area contributed by atoms with Crippen molar-refractivity contribution in [1.82, 2.24) is 0 Å². The Bertz CT molecular complexity index is 817. The smallest absolute Gasteiger partial charge is 0.205 e. The summed E-state index contributed by atoms with van der Waals surface area (Å²) in [5, 5.41) is 9.34. The largest absolute Gasteiger partial charge is 0.444 e. The lowest BCUT2D eigenvalue weighted by atomic mass is 9.89. The third-order valence-electron chi connectivity index (χ3n) is 3.58. The highest BCUT2D eigenvalue weighted by atomic mass is 79.9. The van der Waals surface area contributed by atoms with E-state index in [9.17, 15) is 13.7 Å². The topological polar surface area (TPSA) is 93.2 Å². The SMILES string of the molecule is N#CC1=C(N)OC2=C([C@H]1c1ccc(Br)cc1)S(=O)(=O)CC2. The van der Waals surface area contributed by atoms with E-state index in [1.165, 1.54) is 0 Å². The molecule has 3 rings (SSSR count). The maximum absolute atomic E-state index is 12.3. The summed E-state index contributed by atoms with van der Waals surface area (Å²) in [4.78, 5) is 0.176. The summed E-state index contributed by atoms with van der Waals surface area (Å²) in [6.07, 6.45) is 0.296. The van der Waals surface area contributed by atoms with Crippen LogP contribution >= 0.6 is 15.9 Å². The molecule has 1 atom stereocenters. The van der Waals surface area contributed by atoms with Gasteiger partial charge in [0.2, 0.25) is 5.88 Å². The summed E-state index contributed by atoms with van der Waals surface area (Å²) < 4.78 is 30.8. The average molecular weight is 367 g/mol. The van der Waals surface area contributed by atoms with Crippen LogP contribution in [-0.4, -0.2) is 14.2 Å². The Kier molecular flexibility index (Phi) is 3.30. The van der Waals surface area contributed by atoms with Crippen LogP contribution in [0.3, 0.4) is 0 Å². The van der Waals surface area contributed by atoms with Crippen molar-refractivity contribution in [2.75, 3.05) is 5.75 Å². The Morgan fingerprint density at radius 1 is 1.33 bits per heavy atom. The van der Waals surface area contributed by atoms with E-state index in [4.69, 9.17) is 10.5 Å². The number of allylic oxidation sites excluding steroid dienone is 3. The predicted molar refractivity (Wildman–Crippen MR) is 80.2 cm³/mol. The van der Waals surface area contributed by atoms with Crippen LogP contribution in [-0.2, 0) is 14.6 Å². The van der Waals surface area contributed by atoms with Crippen molar-refractivity contribution in [1.29, 1.82) is 5.26 Å². The normalized spacial score (nSPS) is 23.5. The second-order valence-corrected chi connectivity index (χ2v) is 7.83. The molecular formula is C14H11BrN2O3S. The Hall–Kier alpha value is -1.78. The van der Waals surface area contributed by atoms with E-state index < -0.39 is 15.8 Å². The lowest BCUT2D eigenvalue weighted by Crippen LogP contribution is -2.21. The zero-order valence-corrected chi connectivity index (χ0v) is 13.2. The van der Waals surface area contributed by atoms with Crippen LogP contribution in [0.25, 0.3) is 0 Å². The second kappa shape index (κ2) is 4.90. The van der Waals surface area contributed by atoms with Crippen LogP contribution in [0.4, 0.5) is 0 Å². The molecule has 5 nitrogen and oxygen atoms in total. The van der Waals surface area contributed by atoms with Gasteiger partial charge in [0, 0.05) is 10.9 Å². The molecule has 2 N–H and O–H groups in total. The maximum atomic E-state index is 12.3. The van der Waals surface area contributed by atoms with E-state index >= 15 is 0 Å². The third kappa shape index (κ3) is 2.24. The molecule has 1 aromatic carbocycles. The van der Waals surface area contributed by atoms with Gasteiger partial charge in [-0.1, -0.05) is 28.1 Å². The number of hydrogen-bond acceptors (Lipinski definition) is 5. The van der Waals surface area contributed by atoms with Crippen molar-refractivity contribution in [2.24, 2.45) is 5.73 Å². The number of nitrogens with zero attached hydrogens (tertiary/aromatic N) is 1. The molecule has 0 radical (unpaired) electrons. The quantitative estimate of drug-likeness (QED) is 0.822. The first kappa shape index (κ1) is 14.2. The van der Waals surface area contributed by atoms with E-state index in [0.29, 0.717) is 17.7 Å². The minimum atomic E-state index is -3.42. The van der Waals surface area contributed by atoms with Gasteiger partial charge in [-0.2, -0.15) is 5.26 Å². The summed E-state index contributed by atoms with van der Waals surface area (Å²) in [5.41, 5.74) is 6.64. The lowest BCUT2D eigenvalue weighted by Gasteiger charge is -2.25. The van der Waals surface area contributed by atoms with Crippen LogP contribution in [0, 0.1) is 11.3 Å². The molecule has 2 aliphatic rings. The van der Waals surface area contributed by atoms with Gasteiger partial charge < -0.3 is 10.5 Å². The zero-order valence-electron chi connectivity index (χ0n) is 10.8. The van der Waals surface area contributed by atoms with E-state index in [0.717, 1.165) is 4.47 Å². The van der Waals surface area contributed by atoms with Gasteiger partial charge in [0.05, 0.1) is 16.6 Å². The first-order chi connectivity index (χ1) is 9.94. The van der Waals surface area contributed by atoms with Gasteiger partial charge in [-0.05, 0) is 17.7 Å². The number of halogens is 1. The highest BCUT2D eigenvalue weighted by molar-refractivity contribution is 9.10. The van der Waals surface area contributed by atoms with Crippen molar-refractivity contribution in [2.45, 2.75) is 12.3 Å². The average Bonchev–Trinajstić information content (AvgIpc) is 2.74. The van der Waals surface area contributed by atoms with Crippen LogP contribution in [0.15, 0.2) is 50.9 Å². The number of nitriles is 1. The number of ether oxygens (including phenoxy) is 1. The van der Waals surface area contributed by atoms with Gasteiger partial charge in [-0.25, -0.2) is 8.42 Å². The number of hydrogen-bond donors (Lipinski definition) is 1. The van der Waals surface area contributed by atoms with Gasteiger partial charge in [0.1, 0.15) is 17.4 Å². The molecule has 108 valence electrons. The highest BCUT2D eigenvalue weighted by Gasteiger charge is 2.43. The molecule has 0 saturated heterocycles. The van der Waals surface area contributed by atoms with Crippen LogP contribution < -0.4 is 5.73 Å². The van der Waals surface area contributed by atoms with E-state index in [-0.39, 0.29) is 22.1 Å². The Morgan fingerprint density at radius 2 is 2.00 bits per heavy atom. The molecule has 0 saturated carbocycles. The highest BCUT2D eigenvalue weighted by Crippen LogP contribution is 2.46. The molecule has 7 heteroatoms. The van der Waals surface area contributed by atoms with Gasteiger partial charge in [-0.15, -0.1) is 0 Å². The van der Waals surface area contributed by atoms with Crippen LogP contribution in [0.5, 0.6) is 0 Å². The maximum Gasteiger partial charge on any atom is 0.205 e. The monoisotopic (exact) mass is 366 g/mol. The van der Waals surface area contributed by atoms with Crippen LogP contribution in [0.1, 0.15) is 17.9 Å². The second-order valence-electron chi connectivity index (χ2n) is 4.83. The van der Waals surface area contributed by atoms with Crippen molar-refractivity contribution in [3.05, 3.63) is 56.4 Å². The molecule has 0 fully saturated rings. The van der Waals surface area contributed by atoms with Gasteiger partial charge in [0.25, 0.3) is 0 Å². The van der Waals surface area contributed by atoms with Gasteiger partial charge in [0.15, 0.2) is 9.84 Å². The standard InChI is InChI=1S/C14H11BrN2O3S/c15-9-3-1-8(2-4-9)12-10(7-16)14(17)20-11-5-6-21(18,19)13(11)12/h1-4,12H,5-6,17H2/t12-/m0/s1. The first-order valence-electron chi connectivity index (χ1n) is 6.23. The zero-order chi connectivity index (χ0) is 15.2. The molecule has 0 aromatic heterocycles. The Labute approximate surface area is 130 Å². The number of rotatable bonds is 1. The molecule has 0 spiro atoms. The molecule has 0 bridgehead atoms. The molecule has 2 heterocycles.